The van der Waals surface area contributed by atoms with Crippen LogP contribution >= 0.6 is 0 Å². The molecule has 5 heteroatoms. The number of nitrogens with zero attached hydrogens (tertiary/aromatic N) is 1. The van der Waals surface area contributed by atoms with Gasteiger partial charge in [-0.15, -0.1) is 0 Å². The van der Waals surface area contributed by atoms with E-state index < -0.39 is 0 Å². The van der Waals surface area contributed by atoms with Crippen molar-refractivity contribution in [3.05, 3.63) is 42.1 Å². The molecule has 102 valence electrons. The molecule has 0 saturated heterocycles. The van der Waals surface area contributed by atoms with Gasteiger partial charge in [0, 0.05) is 0 Å². The Morgan fingerprint density at radius 1 is 1.21 bits per heavy atom. The zero-order chi connectivity index (χ0) is 13.7. The Balaban J connectivity index is 2.29. The van der Waals surface area contributed by atoms with Crippen molar-refractivity contribution in [3.63, 3.8) is 0 Å². The Kier molecular flexibility index (Phi) is 4.41. The van der Waals surface area contributed by atoms with Gasteiger partial charge >= 0.3 is 0 Å². The Morgan fingerprint density at radius 3 is 2.58 bits per heavy atom. The fraction of sp³-hybridized carbons (Fsp3) is 0.357. The van der Waals surface area contributed by atoms with Crippen molar-refractivity contribution in [2.45, 2.75) is 19.9 Å². The number of benzene rings is 1. The van der Waals surface area contributed by atoms with Gasteiger partial charge in [0.1, 0.15) is 5.76 Å². The number of aromatic nitrogens is 1. The lowest BCUT2D eigenvalue weighted by molar-refractivity contribution is 0.287. The summed E-state index contributed by atoms with van der Waals surface area (Å²) in [5.74, 6) is 2.03. The van der Waals surface area contributed by atoms with Gasteiger partial charge in [0.25, 0.3) is 0 Å². The third kappa shape index (κ3) is 3.06. The van der Waals surface area contributed by atoms with Gasteiger partial charge in [-0.1, -0.05) is 6.07 Å². The summed E-state index contributed by atoms with van der Waals surface area (Å²) in [4.78, 5) is 3.87. The Labute approximate surface area is 112 Å². The number of ether oxygens (including phenoxy) is 2. The molecule has 2 aromatic rings. The fourth-order valence-corrected chi connectivity index (χ4v) is 1.80. The maximum absolute atomic E-state index is 6.12. The maximum atomic E-state index is 6.12. The van der Waals surface area contributed by atoms with Gasteiger partial charge in [0.15, 0.2) is 17.9 Å². The highest BCUT2D eigenvalue weighted by Crippen LogP contribution is 2.31. The van der Waals surface area contributed by atoms with Crippen molar-refractivity contribution in [2.75, 3.05) is 13.2 Å². The van der Waals surface area contributed by atoms with E-state index in [1.807, 2.05) is 32.0 Å². The molecule has 19 heavy (non-hydrogen) atoms. The van der Waals surface area contributed by atoms with Crippen molar-refractivity contribution >= 4 is 0 Å². The SMILES string of the molecule is CCOc1ccc(C(N)c2cnco2)cc1OCC. The van der Waals surface area contributed by atoms with Crippen LogP contribution in [0.4, 0.5) is 0 Å². The highest BCUT2D eigenvalue weighted by atomic mass is 16.5. The van der Waals surface area contributed by atoms with Crippen molar-refractivity contribution < 1.29 is 13.9 Å². The molecular weight excluding hydrogens is 244 g/mol. The fourth-order valence-electron chi connectivity index (χ4n) is 1.80. The zero-order valence-electron chi connectivity index (χ0n) is 11.1. The minimum Gasteiger partial charge on any atom is -0.490 e. The molecule has 0 spiro atoms. The molecule has 2 N–H and O–H groups in total. The second-order valence-electron chi connectivity index (χ2n) is 3.95. The van der Waals surface area contributed by atoms with E-state index in [0.29, 0.717) is 24.7 Å². The smallest absolute Gasteiger partial charge is 0.180 e. The van der Waals surface area contributed by atoms with Gasteiger partial charge in [0.05, 0.1) is 25.5 Å². The van der Waals surface area contributed by atoms with E-state index in [0.717, 1.165) is 11.3 Å². The molecule has 2 rings (SSSR count). The summed E-state index contributed by atoms with van der Waals surface area (Å²) >= 11 is 0. The second kappa shape index (κ2) is 6.24. The molecule has 0 aliphatic carbocycles. The molecule has 1 heterocycles. The van der Waals surface area contributed by atoms with Gasteiger partial charge in [-0.2, -0.15) is 0 Å². The molecule has 1 aromatic heterocycles. The lowest BCUT2D eigenvalue weighted by atomic mass is 10.1. The summed E-state index contributed by atoms with van der Waals surface area (Å²) < 4.78 is 16.3. The summed E-state index contributed by atoms with van der Waals surface area (Å²) in [6.45, 7) is 5.03. The van der Waals surface area contributed by atoms with Crippen LogP contribution in [0.5, 0.6) is 11.5 Å². The third-order valence-electron chi connectivity index (χ3n) is 2.68. The second-order valence-corrected chi connectivity index (χ2v) is 3.95. The van der Waals surface area contributed by atoms with E-state index in [9.17, 15) is 0 Å². The van der Waals surface area contributed by atoms with Gasteiger partial charge in [-0.25, -0.2) is 4.98 Å². The average molecular weight is 262 g/mol. The Bertz CT molecular complexity index is 511. The van der Waals surface area contributed by atoms with Crippen LogP contribution in [0.1, 0.15) is 31.2 Å². The first-order valence-electron chi connectivity index (χ1n) is 6.29. The van der Waals surface area contributed by atoms with Crippen LogP contribution in [0.15, 0.2) is 35.2 Å². The largest absolute Gasteiger partial charge is 0.490 e. The molecular formula is C14H18N2O3. The van der Waals surface area contributed by atoms with Crippen molar-refractivity contribution in [1.82, 2.24) is 4.98 Å². The van der Waals surface area contributed by atoms with E-state index in [4.69, 9.17) is 19.6 Å². The molecule has 1 aromatic carbocycles. The van der Waals surface area contributed by atoms with E-state index >= 15 is 0 Å². The van der Waals surface area contributed by atoms with Crippen LogP contribution in [-0.2, 0) is 0 Å². The van der Waals surface area contributed by atoms with Crippen molar-refractivity contribution in [1.29, 1.82) is 0 Å². The molecule has 0 aliphatic heterocycles. The molecule has 5 nitrogen and oxygen atoms in total. The lowest BCUT2D eigenvalue weighted by Crippen LogP contribution is -2.11. The van der Waals surface area contributed by atoms with Crippen LogP contribution in [0.2, 0.25) is 0 Å². The monoisotopic (exact) mass is 262 g/mol. The van der Waals surface area contributed by atoms with Crippen molar-refractivity contribution in [3.8, 4) is 11.5 Å². The number of hydrogen-bond donors (Lipinski definition) is 1. The van der Waals surface area contributed by atoms with E-state index in [2.05, 4.69) is 4.98 Å². The maximum Gasteiger partial charge on any atom is 0.180 e. The predicted octanol–water partition coefficient (Wildman–Crippen LogP) is 2.52. The highest BCUT2D eigenvalue weighted by molar-refractivity contribution is 5.45. The van der Waals surface area contributed by atoms with Crippen LogP contribution in [0.25, 0.3) is 0 Å². The normalized spacial score (nSPS) is 12.2. The molecule has 1 atom stereocenters. The van der Waals surface area contributed by atoms with Crippen LogP contribution in [-0.4, -0.2) is 18.2 Å². The Morgan fingerprint density at radius 2 is 1.95 bits per heavy atom. The quantitative estimate of drug-likeness (QED) is 0.866. The zero-order valence-corrected chi connectivity index (χ0v) is 11.1. The minimum atomic E-state index is -0.364. The lowest BCUT2D eigenvalue weighted by Gasteiger charge is -2.14. The summed E-state index contributed by atoms with van der Waals surface area (Å²) in [7, 11) is 0. The molecule has 0 amide bonds. The number of hydrogen-bond acceptors (Lipinski definition) is 5. The minimum absolute atomic E-state index is 0.364. The highest BCUT2D eigenvalue weighted by Gasteiger charge is 2.15. The summed E-state index contributed by atoms with van der Waals surface area (Å²) in [5.41, 5.74) is 7.01. The van der Waals surface area contributed by atoms with Gasteiger partial charge < -0.3 is 19.6 Å². The van der Waals surface area contributed by atoms with E-state index in [1.54, 1.807) is 6.20 Å². The summed E-state index contributed by atoms with van der Waals surface area (Å²) in [6.07, 6.45) is 2.98. The molecule has 0 bridgehead atoms. The average Bonchev–Trinajstić information content (AvgIpc) is 2.94. The van der Waals surface area contributed by atoms with E-state index in [1.165, 1.54) is 6.39 Å². The van der Waals surface area contributed by atoms with Crippen LogP contribution < -0.4 is 15.2 Å². The predicted molar refractivity (Wildman–Crippen MR) is 71.3 cm³/mol. The Hall–Kier alpha value is -2.01. The standard InChI is InChI=1S/C14H18N2O3/c1-3-17-11-6-5-10(7-12(11)18-4-2)14(15)13-8-16-9-19-13/h5-9,14H,3-4,15H2,1-2H3. The molecule has 0 aliphatic rings. The molecule has 0 radical (unpaired) electrons. The number of rotatable bonds is 6. The molecule has 0 saturated carbocycles. The number of oxazole rings is 1. The first-order valence-corrected chi connectivity index (χ1v) is 6.29. The van der Waals surface area contributed by atoms with Gasteiger partial charge in [-0.3, -0.25) is 0 Å². The van der Waals surface area contributed by atoms with Crippen LogP contribution in [0, 0.1) is 0 Å². The first kappa shape index (κ1) is 13.4. The molecule has 0 fully saturated rings. The first-order chi connectivity index (χ1) is 9.26. The van der Waals surface area contributed by atoms with Crippen LogP contribution in [0.3, 0.4) is 0 Å². The van der Waals surface area contributed by atoms with Gasteiger partial charge in [-0.05, 0) is 31.5 Å². The molecule has 1 unspecified atom stereocenters. The topological polar surface area (TPSA) is 70.5 Å². The summed E-state index contributed by atoms with van der Waals surface area (Å²) in [5, 5.41) is 0. The third-order valence-corrected chi connectivity index (χ3v) is 2.68. The van der Waals surface area contributed by atoms with Crippen molar-refractivity contribution in [2.24, 2.45) is 5.73 Å². The van der Waals surface area contributed by atoms with E-state index in [-0.39, 0.29) is 6.04 Å². The summed E-state index contributed by atoms with van der Waals surface area (Å²) in [6, 6.07) is 5.28. The number of nitrogens with two attached hydrogens (primary N) is 1. The van der Waals surface area contributed by atoms with Gasteiger partial charge in [0.2, 0.25) is 0 Å².